The first kappa shape index (κ1) is 20.0. The Morgan fingerprint density at radius 3 is 2.15 bits per heavy atom. The van der Waals surface area contributed by atoms with E-state index < -0.39 is 0 Å². The molecule has 0 saturated carbocycles. The molecule has 0 unspecified atom stereocenters. The number of aryl methyl sites for hydroxylation is 1. The van der Waals surface area contributed by atoms with E-state index in [9.17, 15) is 4.79 Å². The molecule has 2 rings (SSSR count). The fraction of sp³-hybridized carbons (Fsp3) is 0.435. The van der Waals surface area contributed by atoms with Crippen LogP contribution in [-0.4, -0.2) is 12.6 Å². The van der Waals surface area contributed by atoms with Gasteiger partial charge in [0.05, 0.1) is 6.61 Å². The van der Waals surface area contributed by atoms with Crippen molar-refractivity contribution in [3.63, 3.8) is 0 Å². The molecule has 0 atom stereocenters. The summed E-state index contributed by atoms with van der Waals surface area (Å²) in [6.45, 7) is 11.2. The summed E-state index contributed by atoms with van der Waals surface area (Å²) in [5.74, 6) is 2.20. The van der Waals surface area contributed by atoms with Crippen molar-refractivity contribution in [2.75, 3.05) is 6.61 Å². The van der Waals surface area contributed by atoms with Crippen molar-refractivity contribution in [3.05, 3.63) is 59.2 Å². The van der Waals surface area contributed by atoms with Gasteiger partial charge in [0.2, 0.25) is 0 Å². The third kappa shape index (κ3) is 5.91. The monoisotopic (exact) mass is 354 g/mol. The van der Waals surface area contributed by atoms with Crippen LogP contribution < -0.4 is 9.47 Å². The summed E-state index contributed by atoms with van der Waals surface area (Å²) < 4.78 is 11.1. The fourth-order valence-corrected chi connectivity index (χ4v) is 2.90. The Hall–Kier alpha value is -2.29. The van der Waals surface area contributed by atoms with E-state index >= 15 is 0 Å². The molecule has 2 aromatic rings. The Balaban J connectivity index is 1.74. The predicted molar refractivity (Wildman–Crippen MR) is 106 cm³/mol. The van der Waals surface area contributed by atoms with Crippen LogP contribution in [0.4, 0.5) is 0 Å². The number of esters is 1. The van der Waals surface area contributed by atoms with E-state index in [-0.39, 0.29) is 5.97 Å². The third-order valence-corrected chi connectivity index (χ3v) is 4.44. The van der Waals surface area contributed by atoms with Gasteiger partial charge in [0.15, 0.2) is 0 Å². The van der Waals surface area contributed by atoms with Crippen molar-refractivity contribution in [1.29, 1.82) is 0 Å². The lowest BCUT2D eigenvalue weighted by atomic mass is 9.98. The van der Waals surface area contributed by atoms with Crippen molar-refractivity contribution in [2.45, 2.75) is 59.3 Å². The van der Waals surface area contributed by atoms with Gasteiger partial charge in [0.25, 0.3) is 0 Å². The van der Waals surface area contributed by atoms with Gasteiger partial charge in [-0.15, -0.1) is 0 Å². The van der Waals surface area contributed by atoms with E-state index in [4.69, 9.17) is 9.47 Å². The zero-order valence-corrected chi connectivity index (χ0v) is 16.5. The SMILES string of the molecule is Cc1cc(OCCCC(=O)Oc2ccc(C(C)C)cc2)ccc1C(C)C. The second-order valence-corrected chi connectivity index (χ2v) is 7.32. The minimum Gasteiger partial charge on any atom is -0.494 e. The molecule has 0 heterocycles. The summed E-state index contributed by atoms with van der Waals surface area (Å²) in [4.78, 5) is 11.9. The molecule has 0 spiro atoms. The van der Waals surface area contributed by atoms with E-state index in [0.717, 1.165) is 5.75 Å². The van der Waals surface area contributed by atoms with Crippen LogP contribution in [0.15, 0.2) is 42.5 Å². The molecule has 0 bridgehead atoms. The van der Waals surface area contributed by atoms with E-state index in [0.29, 0.717) is 37.0 Å². The summed E-state index contributed by atoms with van der Waals surface area (Å²) >= 11 is 0. The molecule has 0 radical (unpaired) electrons. The summed E-state index contributed by atoms with van der Waals surface area (Å²) in [5.41, 5.74) is 3.81. The Labute approximate surface area is 157 Å². The highest BCUT2D eigenvalue weighted by molar-refractivity contribution is 5.72. The lowest BCUT2D eigenvalue weighted by Crippen LogP contribution is -2.10. The Morgan fingerprint density at radius 1 is 0.923 bits per heavy atom. The van der Waals surface area contributed by atoms with Crippen molar-refractivity contribution in [3.8, 4) is 11.5 Å². The normalized spacial score (nSPS) is 11.0. The van der Waals surface area contributed by atoms with Gasteiger partial charge >= 0.3 is 5.97 Å². The van der Waals surface area contributed by atoms with Gasteiger partial charge in [-0.2, -0.15) is 0 Å². The number of hydrogen-bond acceptors (Lipinski definition) is 3. The first-order valence-electron chi connectivity index (χ1n) is 9.40. The van der Waals surface area contributed by atoms with Gasteiger partial charge in [0, 0.05) is 6.42 Å². The molecular weight excluding hydrogens is 324 g/mol. The molecule has 0 aliphatic carbocycles. The van der Waals surface area contributed by atoms with Crippen LogP contribution >= 0.6 is 0 Å². The summed E-state index contributed by atoms with van der Waals surface area (Å²) in [5, 5.41) is 0. The number of carbonyl (C=O) groups is 1. The standard InChI is InChI=1S/C23H30O3/c1-16(2)19-8-10-20(11-9-19)26-23(24)7-6-14-25-21-12-13-22(17(3)4)18(5)15-21/h8-13,15-17H,6-7,14H2,1-5H3. The molecule has 0 N–H and O–H groups in total. The fourth-order valence-electron chi connectivity index (χ4n) is 2.90. The Kier molecular flexibility index (Phi) is 7.26. The maximum Gasteiger partial charge on any atom is 0.311 e. The smallest absolute Gasteiger partial charge is 0.311 e. The zero-order chi connectivity index (χ0) is 19.1. The molecule has 26 heavy (non-hydrogen) atoms. The minimum absolute atomic E-state index is 0.225. The van der Waals surface area contributed by atoms with Crippen molar-refractivity contribution in [2.24, 2.45) is 0 Å². The van der Waals surface area contributed by atoms with Crippen LogP contribution in [0, 0.1) is 6.92 Å². The molecule has 3 nitrogen and oxygen atoms in total. The van der Waals surface area contributed by atoms with Gasteiger partial charge in [-0.3, -0.25) is 4.79 Å². The highest BCUT2D eigenvalue weighted by Crippen LogP contribution is 2.23. The molecule has 2 aromatic carbocycles. The van der Waals surface area contributed by atoms with Gasteiger partial charge in [-0.25, -0.2) is 0 Å². The summed E-state index contributed by atoms with van der Waals surface area (Å²) in [7, 11) is 0. The molecule has 0 saturated heterocycles. The highest BCUT2D eigenvalue weighted by atomic mass is 16.5. The number of benzene rings is 2. The average molecular weight is 354 g/mol. The predicted octanol–water partition coefficient (Wildman–Crippen LogP) is 6.01. The second-order valence-electron chi connectivity index (χ2n) is 7.32. The van der Waals surface area contributed by atoms with Gasteiger partial charge in [0.1, 0.15) is 11.5 Å². The second kappa shape index (κ2) is 9.42. The van der Waals surface area contributed by atoms with E-state index in [2.05, 4.69) is 46.8 Å². The van der Waals surface area contributed by atoms with Crippen molar-refractivity contribution in [1.82, 2.24) is 0 Å². The third-order valence-electron chi connectivity index (χ3n) is 4.44. The number of rotatable bonds is 8. The number of carbonyl (C=O) groups excluding carboxylic acids is 1. The average Bonchev–Trinajstić information content (AvgIpc) is 2.59. The first-order chi connectivity index (χ1) is 12.4. The van der Waals surface area contributed by atoms with Crippen LogP contribution in [0.5, 0.6) is 11.5 Å². The van der Waals surface area contributed by atoms with Gasteiger partial charge < -0.3 is 9.47 Å². The number of ether oxygens (including phenoxy) is 2. The molecule has 0 aliphatic rings. The van der Waals surface area contributed by atoms with Crippen LogP contribution in [0.2, 0.25) is 0 Å². The Bertz CT molecular complexity index is 715. The largest absolute Gasteiger partial charge is 0.494 e. The first-order valence-corrected chi connectivity index (χ1v) is 9.40. The van der Waals surface area contributed by atoms with Crippen molar-refractivity contribution < 1.29 is 14.3 Å². The molecule has 0 aromatic heterocycles. The lowest BCUT2D eigenvalue weighted by molar-refractivity contribution is -0.134. The maximum absolute atomic E-state index is 11.9. The van der Waals surface area contributed by atoms with E-state index in [1.807, 2.05) is 30.3 Å². The molecule has 0 aliphatic heterocycles. The lowest BCUT2D eigenvalue weighted by Gasteiger charge is -2.12. The van der Waals surface area contributed by atoms with Crippen LogP contribution in [0.3, 0.4) is 0 Å². The maximum atomic E-state index is 11.9. The minimum atomic E-state index is -0.225. The topological polar surface area (TPSA) is 35.5 Å². The molecule has 0 fully saturated rings. The van der Waals surface area contributed by atoms with Crippen LogP contribution in [0.25, 0.3) is 0 Å². The molecule has 3 heteroatoms. The molecular formula is C23H30O3. The van der Waals surface area contributed by atoms with Gasteiger partial charge in [-0.05, 0) is 66.1 Å². The van der Waals surface area contributed by atoms with E-state index in [1.54, 1.807) is 0 Å². The van der Waals surface area contributed by atoms with Crippen molar-refractivity contribution >= 4 is 5.97 Å². The van der Waals surface area contributed by atoms with Crippen LogP contribution in [-0.2, 0) is 4.79 Å². The quantitative estimate of drug-likeness (QED) is 0.331. The number of hydrogen-bond donors (Lipinski definition) is 0. The van der Waals surface area contributed by atoms with E-state index in [1.165, 1.54) is 16.7 Å². The zero-order valence-electron chi connectivity index (χ0n) is 16.5. The molecule has 0 amide bonds. The highest BCUT2D eigenvalue weighted by Gasteiger charge is 2.07. The summed E-state index contributed by atoms with van der Waals surface area (Å²) in [6, 6.07) is 13.9. The molecule has 140 valence electrons. The van der Waals surface area contributed by atoms with Crippen LogP contribution in [0.1, 0.15) is 69.1 Å². The van der Waals surface area contributed by atoms with Gasteiger partial charge in [-0.1, -0.05) is 45.9 Å². The Morgan fingerprint density at radius 2 is 1.58 bits per heavy atom. The summed E-state index contributed by atoms with van der Waals surface area (Å²) in [6.07, 6.45) is 0.975.